The standard InChI is InChI=1S/C18H25NO2/c1-3-21-17(20)14(2)19-12-10-18(11-13-19)9-8-15-6-4-5-7-16(15)18/h4-7,14H,3,8-13H2,1-2H3. The van der Waals surface area contributed by atoms with Crippen molar-refractivity contribution in [3.63, 3.8) is 0 Å². The minimum Gasteiger partial charge on any atom is -0.465 e. The van der Waals surface area contributed by atoms with Gasteiger partial charge in [-0.3, -0.25) is 9.69 Å². The van der Waals surface area contributed by atoms with E-state index in [9.17, 15) is 4.79 Å². The zero-order valence-electron chi connectivity index (χ0n) is 13.1. The molecule has 0 bridgehead atoms. The van der Waals surface area contributed by atoms with Gasteiger partial charge in [-0.05, 0) is 69.2 Å². The number of aryl methyl sites for hydroxylation is 1. The number of hydrogen-bond donors (Lipinski definition) is 0. The lowest BCUT2D eigenvalue weighted by molar-refractivity contribution is -0.149. The highest BCUT2D eigenvalue weighted by molar-refractivity contribution is 5.75. The molecule has 0 amide bonds. The quantitative estimate of drug-likeness (QED) is 0.801. The molecule has 1 fully saturated rings. The van der Waals surface area contributed by atoms with Gasteiger partial charge in [-0.25, -0.2) is 0 Å². The molecule has 114 valence electrons. The Labute approximate surface area is 127 Å². The number of nitrogens with zero attached hydrogens (tertiary/aromatic N) is 1. The molecular weight excluding hydrogens is 262 g/mol. The van der Waals surface area contributed by atoms with E-state index in [1.54, 1.807) is 5.56 Å². The first kappa shape index (κ1) is 14.6. The number of likely N-dealkylation sites (tertiary alicyclic amines) is 1. The minimum absolute atomic E-state index is 0.0831. The van der Waals surface area contributed by atoms with E-state index in [0.29, 0.717) is 12.0 Å². The number of esters is 1. The first-order valence-electron chi connectivity index (χ1n) is 8.15. The summed E-state index contributed by atoms with van der Waals surface area (Å²) in [4.78, 5) is 14.2. The highest BCUT2D eigenvalue weighted by Gasteiger charge is 2.42. The average molecular weight is 287 g/mol. The van der Waals surface area contributed by atoms with Gasteiger partial charge in [0.2, 0.25) is 0 Å². The van der Waals surface area contributed by atoms with E-state index in [4.69, 9.17) is 4.74 Å². The third kappa shape index (κ3) is 2.59. The number of benzene rings is 1. The van der Waals surface area contributed by atoms with Gasteiger partial charge in [0.15, 0.2) is 0 Å². The maximum Gasteiger partial charge on any atom is 0.323 e. The van der Waals surface area contributed by atoms with Crippen LogP contribution in [0.25, 0.3) is 0 Å². The number of rotatable bonds is 3. The van der Waals surface area contributed by atoms with Gasteiger partial charge in [-0.1, -0.05) is 24.3 Å². The molecule has 1 saturated heterocycles. The van der Waals surface area contributed by atoms with Crippen molar-refractivity contribution in [2.75, 3.05) is 19.7 Å². The molecule has 3 heteroatoms. The summed E-state index contributed by atoms with van der Waals surface area (Å²) in [5, 5.41) is 0. The van der Waals surface area contributed by atoms with Crippen molar-refractivity contribution >= 4 is 5.97 Å². The Morgan fingerprint density at radius 1 is 1.29 bits per heavy atom. The van der Waals surface area contributed by atoms with E-state index in [2.05, 4.69) is 29.2 Å². The van der Waals surface area contributed by atoms with Crippen molar-refractivity contribution in [3.05, 3.63) is 35.4 Å². The number of fused-ring (bicyclic) bond motifs is 2. The van der Waals surface area contributed by atoms with Gasteiger partial charge in [0.1, 0.15) is 6.04 Å². The predicted molar refractivity (Wildman–Crippen MR) is 83.3 cm³/mol. The largest absolute Gasteiger partial charge is 0.465 e. The summed E-state index contributed by atoms with van der Waals surface area (Å²) in [5.74, 6) is -0.0831. The topological polar surface area (TPSA) is 29.5 Å². The summed E-state index contributed by atoms with van der Waals surface area (Å²) in [6.07, 6.45) is 4.80. The molecule has 1 spiro atoms. The van der Waals surface area contributed by atoms with Crippen molar-refractivity contribution in [3.8, 4) is 0 Å². The summed E-state index contributed by atoms with van der Waals surface area (Å²) in [7, 11) is 0. The molecule has 1 aliphatic carbocycles. The average Bonchev–Trinajstić information content (AvgIpc) is 2.87. The highest BCUT2D eigenvalue weighted by atomic mass is 16.5. The summed E-state index contributed by atoms with van der Waals surface area (Å²) >= 11 is 0. The Bertz CT molecular complexity index is 518. The summed E-state index contributed by atoms with van der Waals surface area (Å²) in [5.41, 5.74) is 3.46. The van der Waals surface area contributed by atoms with Gasteiger partial charge >= 0.3 is 5.97 Å². The molecule has 3 nitrogen and oxygen atoms in total. The Balaban J connectivity index is 1.67. The van der Waals surface area contributed by atoms with Gasteiger partial charge in [0, 0.05) is 0 Å². The van der Waals surface area contributed by atoms with Crippen molar-refractivity contribution < 1.29 is 9.53 Å². The normalized spacial score (nSPS) is 22.0. The number of hydrogen-bond acceptors (Lipinski definition) is 3. The molecule has 21 heavy (non-hydrogen) atoms. The van der Waals surface area contributed by atoms with E-state index in [0.717, 1.165) is 25.9 Å². The van der Waals surface area contributed by atoms with Crippen LogP contribution in [0.15, 0.2) is 24.3 Å². The molecule has 3 rings (SSSR count). The molecule has 0 radical (unpaired) electrons. The van der Waals surface area contributed by atoms with Crippen molar-refractivity contribution in [1.82, 2.24) is 4.90 Å². The van der Waals surface area contributed by atoms with Crippen molar-refractivity contribution in [2.45, 2.75) is 51.0 Å². The van der Waals surface area contributed by atoms with Crippen molar-refractivity contribution in [1.29, 1.82) is 0 Å². The highest BCUT2D eigenvalue weighted by Crippen LogP contribution is 2.46. The number of ether oxygens (including phenoxy) is 1. The SMILES string of the molecule is CCOC(=O)C(C)N1CCC2(CCc3ccccc32)CC1. The third-order valence-corrected chi connectivity index (χ3v) is 5.39. The van der Waals surface area contributed by atoms with Gasteiger partial charge in [-0.2, -0.15) is 0 Å². The number of piperidine rings is 1. The van der Waals surface area contributed by atoms with Crippen LogP contribution in [-0.4, -0.2) is 36.6 Å². The molecule has 0 saturated carbocycles. The molecule has 1 aromatic rings. The second-order valence-corrected chi connectivity index (χ2v) is 6.40. The lowest BCUT2D eigenvalue weighted by Gasteiger charge is -2.41. The maximum atomic E-state index is 11.9. The zero-order chi connectivity index (χ0) is 14.9. The van der Waals surface area contributed by atoms with E-state index in [1.165, 1.54) is 18.4 Å². The fourth-order valence-electron chi connectivity index (χ4n) is 4.03. The zero-order valence-corrected chi connectivity index (χ0v) is 13.1. The Morgan fingerprint density at radius 2 is 2.00 bits per heavy atom. The molecule has 0 aromatic heterocycles. The molecule has 1 aromatic carbocycles. The number of carbonyl (C=O) groups is 1. The maximum absolute atomic E-state index is 11.9. The third-order valence-electron chi connectivity index (χ3n) is 5.39. The van der Waals surface area contributed by atoms with E-state index >= 15 is 0 Å². The molecule has 1 aliphatic heterocycles. The van der Waals surface area contributed by atoms with E-state index in [1.807, 2.05) is 13.8 Å². The fraction of sp³-hybridized carbons (Fsp3) is 0.611. The molecular formula is C18H25NO2. The summed E-state index contributed by atoms with van der Waals surface area (Å²) in [6.45, 7) is 6.29. The lowest BCUT2D eigenvalue weighted by atomic mass is 9.73. The van der Waals surface area contributed by atoms with Gasteiger partial charge in [0.25, 0.3) is 0 Å². The first-order chi connectivity index (χ1) is 10.2. The smallest absolute Gasteiger partial charge is 0.323 e. The lowest BCUT2D eigenvalue weighted by Crippen LogP contribution is -2.48. The van der Waals surface area contributed by atoms with Crippen LogP contribution in [-0.2, 0) is 21.4 Å². The minimum atomic E-state index is -0.112. The summed E-state index contributed by atoms with van der Waals surface area (Å²) < 4.78 is 5.15. The summed E-state index contributed by atoms with van der Waals surface area (Å²) in [6, 6.07) is 8.79. The second-order valence-electron chi connectivity index (χ2n) is 6.40. The van der Waals surface area contributed by atoms with E-state index in [-0.39, 0.29) is 12.0 Å². The number of carbonyl (C=O) groups excluding carboxylic acids is 1. The van der Waals surface area contributed by atoms with E-state index < -0.39 is 0 Å². The second kappa shape index (κ2) is 5.80. The van der Waals surface area contributed by atoms with Crippen LogP contribution < -0.4 is 0 Å². The first-order valence-corrected chi connectivity index (χ1v) is 8.15. The predicted octanol–water partition coefficient (Wildman–Crippen LogP) is 2.92. The fourth-order valence-corrected chi connectivity index (χ4v) is 4.03. The van der Waals surface area contributed by atoms with Crippen LogP contribution >= 0.6 is 0 Å². The van der Waals surface area contributed by atoms with Gasteiger partial charge < -0.3 is 4.74 Å². The Morgan fingerprint density at radius 3 is 2.71 bits per heavy atom. The molecule has 1 unspecified atom stereocenters. The van der Waals surface area contributed by atoms with Crippen molar-refractivity contribution in [2.24, 2.45) is 0 Å². The van der Waals surface area contributed by atoms with Crippen LogP contribution in [0, 0.1) is 0 Å². The monoisotopic (exact) mass is 287 g/mol. The molecule has 0 N–H and O–H groups in total. The molecule has 2 aliphatic rings. The van der Waals surface area contributed by atoms with Crippen LogP contribution in [0.4, 0.5) is 0 Å². The molecule has 1 atom stereocenters. The van der Waals surface area contributed by atoms with Gasteiger partial charge in [0.05, 0.1) is 6.61 Å². The Hall–Kier alpha value is -1.35. The Kier molecular flexibility index (Phi) is 4.03. The molecule has 1 heterocycles. The van der Waals surface area contributed by atoms with Crippen LogP contribution in [0.5, 0.6) is 0 Å². The van der Waals surface area contributed by atoms with Crippen LogP contribution in [0.3, 0.4) is 0 Å². The van der Waals surface area contributed by atoms with Crippen LogP contribution in [0.1, 0.15) is 44.2 Å². The van der Waals surface area contributed by atoms with Crippen LogP contribution in [0.2, 0.25) is 0 Å². The van der Waals surface area contributed by atoms with Gasteiger partial charge in [-0.15, -0.1) is 0 Å².